The lowest BCUT2D eigenvalue weighted by molar-refractivity contribution is -0.115. The number of carbonyl (C=O) groups excluding carboxylic acids is 2. The van der Waals surface area contributed by atoms with Crippen LogP contribution >= 0.6 is 11.8 Å². The van der Waals surface area contributed by atoms with Crippen LogP contribution in [0.15, 0.2) is 108 Å². The summed E-state index contributed by atoms with van der Waals surface area (Å²) >= 11 is 1.43. The molecule has 2 amide bonds. The van der Waals surface area contributed by atoms with Crippen molar-refractivity contribution in [1.29, 1.82) is 0 Å². The second-order valence-electron chi connectivity index (χ2n) is 8.04. The molecular weight excluding hydrogens is 456 g/mol. The first-order valence-electron chi connectivity index (χ1n) is 11.2. The van der Waals surface area contributed by atoms with E-state index in [1.165, 1.54) is 11.8 Å². The third kappa shape index (κ3) is 6.98. The number of aryl methyl sites for hydroxylation is 1. The average Bonchev–Trinajstić information content (AvgIpc) is 2.86. The van der Waals surface area contributed by atoms with Crippen LogP contribution in [0.5, 0.6) is 11.5 Å². The molecule has 0 aromatic heterocycles. The van der Waals surface area contributed by atoms with Gasteiger partial charge in [-0.25, -0.2) is 0 Å². The normalized spacial score (nSPS) is 11.4. The molecule has 0 aliphatic heterocycles. The molecule has 4 rings (SSSR count). The molecule has 0 fully saturated rings. The van der Waals surface area contributed by atoms with E-state index in [0.717, 1.165) is 16.2 Å². The van der Waals surface area contributed by atoms with Gasteiger partial charge in [-0.1, -0.05) is 42.0 Å². The summed E-state index contributed by atoms with van der Waals surface area (Å²) in [5, 5.41) is 5.52. The van der Waals surface area contributed by atoms with Crippen LogP contribution < -0.4 is 15.4 Å². The SMILES string of the molecule is Cc1ccc(C(=O)Nc2cccc(SC(C)C(=O)Nc3ccc(Oc4ccccc4)cc3)c2)cc1. The van der Waals surface area contributed by atoms with Gasteiger partial charge in [0.05, 0.1) is 5.25 Å². The van der Waals surface area contributed by atoms with Crippen LogP contribution in [0, 0.1) is 6.92 Å². The van der Waals surface area contributed by atoms with Crippen molar-refractivity contribution in [3.8, 4) is 11.5 Å². The zero-order valence-electron chi connectivity index (χ0n) is 19.5. The molecule has 6 heteroatoms. The number of ether oxygens (including phenoxy) is 1. The van der Waals surface area contributed by atoms with Gasteiger partial charge in [-0.05, 0) is 80.6 Å². The maximum absolute atomic E-state index is 12.7. The fraction of sp³-hybridized carbons (Fsp3) is 0.103. The molecule has 1 atom stereocenters. The van der Waals surface area contributed by atoms with Crippen LogP contribution in [0.2, 0.25) is 0 Å². The van der Waals surface area contributed by atoms with Crippen molar-refractivity contribution in [3.05, 3.63) is 114 Å². The van der Waals surface area contributed by atoms with Crippen molar-refractivity contribution in [1.82, 2.24) is 0 Å². The Bertz CT molecular complexity index is 1290. The molecule has 0 bridgehead atoms. The standard InChI is InChI=1S/C29H26N2O3S/c1-20-11-13-22(14-12-20)29(33)31-24-7-6-10-27(19-24)35-21(2)28(32)30-23-15-17-26(18-16-23)34-25-8-4-3-5-9-25/h3-19,21H,1-2H3,(H,30,32)(H,31,33). The smallest absolute Gasteiger partial charge is 0.255 e. The molecule has 0 radical (unpaired) electrons. The van der Waals surface area contributed by atoms with Gasteiger partial charge < -0.3 is 15.4 Å². The minimum Gasteiger partial charge on any atom is -0.457 e. The number of hydrogen-bond acceptors (Lipinski definition) is 4. The summed E-state index contributed by atoms with van der Waals surface area (Å²) in [6, 6.07) is 31.7. The molecule has 4 aromatic carbocycles. The highest BCUT2D eigenvalue weighted by Crippen LogP contribution is 2.28. The highest BCUT2D eigenvalue weighted by atomic mass is 32.2. The summed E-state index contributed by atoms with van der Waals surface area (Å²) in [6.07, 6.45) is 0. The van der Waals surface area contributed by atoms with E-state index >= 15 is 0 Å². The van der Waals surface area contributed by atoms with E-state index in [4.69, 9.17) is 4.74 Å². The maximum atomic E-state index is 12.7. The van der Waals surface area contributed by atoms with Crippen LogP contribution in [-0.2, 0) is 4.79 Å². The van der Waals surface area contributed by atoms with Gasteiger partial charge in [-0.2, -0.15) is 0 Å². The Kier molecular flexibility index (Phi) is 7.85. The number of rotatable bonds is 8. The van der Waals surface area contributed by atoms with E-state index in [0.29, 0.717) is 22.7 Å². The summed E-state index contributed by atoms with van der Waals surface area (Å²) in [7, 11) is 0. The molecule has 4 aromatic rings. The maximum Gasteiger partial charge on any atom is 0.255 e. The van der Waals surface area contributed by atoms with E-state index < -0.39 is 0 Å². The van der Waals surface area contributed by atoms with Crippen molar-refractivity contribution in [2.75, 3.05) is 10.6 Å². The number of thioether (sulfide) groups is 1. The number of para-hydroxylation sites is 1. The zero-order valence-corrected chi connectivity index (χ0v) is 20.3. The molecule has 176 valence electrons. The van der Waals surface area contributed by atoms with Crippen molar-refractivity contribution >= 4 is 35.0 Å². The fourth-order valence-electron chi connectivity index (χ4n) is 3.29. The van der Waals surface area contributed by atoms with Gasteiger partial charge in [0.1, 0.15) is 11.5 Å². The fourth-order valence-corrected chi connectivity index (χ4v) is 4.21. The molecule has 0 heterocycles. The first-order valence-corrected chi connectivity index (χ1v) is 12.1. The Hall–Kier alpha value is -4.03. The number of nitrogens with one attached hydrogen (secondary N) is 2. The monoisotopic (exact) mass is 482 g/mol. The summed E-state index contributed by atoms with van der Waals surface area (Å²) in [5.41, 5.74) is 3.08. The molecule has 35 heavy (non-hydrogen) atoms. The van der Waals surface area contributed by atoms with Gasteiger partial charge in [-0.15, -0.1) is 11.8 Å². The topological polar surface area (TPSA) is 67.4 Å². The Balaban J connectivity index is 1.32. The quantitative estimate of drug-likeness (QED) is 0.262. The second-order valence-corrected chi connectivity index (χ2v) is 9.45. The molecule has 1 unspecified atom stereocenters. The van der Waals surface area contributed by atoms with Gasteiger partial charge >= 0.3 is 0 Å². The van der Waals surface area contributed by atoms with E-state index in [1.54, 1.807) is 12.1 Å². The predicted octanol–water partition coefficient (Wildman–Crippen LogP) is 7.16. The second kappa shape index (κ2) is 11.4. The number of anilines is 2. The summed E-state index contributed by atoms with van der Waals surface area (Å²) < 4.78 is 5.79. The predicted molar refractivity (Wildman–Crippen MR) is 142 cm³/mol. The van der Waals surface area contributed by atoms with Gasteiger partial charge in [0, 0.05) is 21.8 Å². The van der Waals surface area contributed by atoms with Gasteiger partial charge in [0.15, 0.2) is 0 Å². The van der Waals surface area contributed by atoms with Gasteiger partial charge in [0.25, 0.3) is 5.91 Å². The summed E-state index contributed by atoms with van der Waals surface area (Å²) in [4.78, 5) is 26.1. The number of benzene rings is 4. The van der Waals surface area contributed by atoms with Crippen LogP contribution in [0.4, 0.5) is 11.4 Å². The third-order valence-electron chi connectivity index (χ3n) is 5.19. The zero-order chi connectivity index (χ0) is 24.6. The molecular formula is C29H26N2O3S. The van der Waals surface area contributed by atoms with Gasteiger partial charge in [-0.3, -0.25) is 9.59 Å². The molecule has 0 spiro atoms. The lowest BCUT2D eigenvalue weighted by Gasteiger charge is -2.13. The van der Waals surface area contributed by atoms with E-state index in [-0.39, 0.29) is 17.1 Å². The molecule has 0 saturated heterocycles. The van der Waals surface area contributed by atoms with Crippen molar-refractivity contribution in [3.63, 3.8) is 0 Å². The van der Waals surface area contributed by atoms with Gasteiger partial charge in [0.2, 0.25) is 5.91 Å². The molecule has 0 aliphatic carbocycles. The Morgan fingerprint density at radius 3 is 2.14 bits per heavy atom. The van der Waals surface area contributed by atoms with E-state index in [1.807, 2.05) is 105 Å². The Morgan fingerprint density at radius 1 is 0.743 bits per heavy atom. The van der Waals surface area contributed by atoms with Crippen LogP contribution in [0.3, 0.4) is 0 Å². The lowest BCUT2D eigenvalue weighted by atomic mass is 10.1. The largest absolute Gasteiger partial charge is 0.457 e. The summed E-state index contributed by atoms with van der Waals surface area (Å²) in [6.45, 7) is 3.83. The molecule has 2 N–H and O–H groups in total. The molecule has 0 aliphatic rings. The van der Waals surface area contributed by atoms with Crippen molar-refractivity contribution < 1.29 is 14.3 Å². The average molecular weight is 483 g/mol. The number of hydrogen-bond donors (Lipinski definition) is 2. The first kappa shape index (κ1) is 24.1. The van der Waals surface area contributed by atoms with E-state index in [2.05, 4.69) is 10.6 Å². The summed E-state index contributed by atoms with van der Waals surface area (Å²) in [5.74, 6) is 1.17. The van der Waals surface area contributed by atoms with Crippen molar-refractivity contribution in [2.24, 2.45) is 0 Å². The highest BCUT2D eigenvalue weighted by Gasteiger charge is 2.15. The highest BCUT2D eigenvalue weighted by molar-refractivity contribution is 8.00. The number of carbonyl (C=O) groups is 2. The Morgan fingerprint density at radius 2 is 1.43 bits per heavy atom. The minimum atomic E-state index is -0.335. The Labute approximate surface area is 209 Å². The number of amides is 2. The minimum absolute atomic E-state index is 0.110. The first-order chi connectivity index (χ1) is 17.0. The van der Waals surface area contributed by atoms with Crippen LogP contribution in [0.25, 0.3) is 0 Å². The molecule has 5 nitrogen and oxygen atoms in total. The van der Waals surface area contributed by atoms with E-state index in [9.17, 15) is 9.59 Å². The van der Waals surface area contributed by atoms with Crippen LogP contribution in [-0.4, -0.2) is 17.1 Å². The lowest BCUT2D eigenvalue weighted by Crippen LogP contribution is -2.22. The molecule has 0 saturated carbocycles. The van der Waals surface area contributed by atoms with Crippen molar-refractivity contribution in [2.45, 2.75) is 24.0 Å². The van der Waals surface area contributed by atoms with Crippen LogP contribution in [0.1, 0.15) is 22.8 Å². The third-order valence-corrected chi connectivity index (χ3v) is 6.28.